The second-order valence-corrected chi connectivity index (χ2v) is 6.25. The molecule has 4 atom stereocenters. The summed E-state index contributed by atoms with van der Waals surface area (Å²) >= 11 is 0. The van der Waals surface area contributed by atoms with E-state index in [-0.39, 0.29) is 0 Å². The fourth-order valence-corrected chi connectivity index (χ4v) is 2.82. The lowest BCUT2D eigenvalue weighted by Gasteiger charge is -2.32. The predicted octanol–water partition coefficient (Wildman–Crippen LogP) is 2.19. The van der Waals surface area contributed by atoms with Gasteiger partial charge in [0.2, 0.25) is 0 Å². The molecule has 3 rings (SSSR count). The molecule has 0 radical (unpaired) electrons. The summed E-state index contributed by atoms with van der Waals surface area (Å²) in [5, 5.41) is 20.9. The Balaban J connectivity index is 1.71. The molecule has 6 heteroatoms. The first kappa shape index (κ1) is 19.5. The predicted molar refractivity (Wildman–Crippen MR) is 102 cm³/mol. The number of aliphatic hydroxyl groups is 2. The number of cyclic esters (lactones) is 1. The van der Waals surface area contributed by atoms with Crippen LogP contribution in [0, 0.1) is 0 Å². The van der Waals surface area contributed by atoms with Crippen LogP contribution in [0.5, 0.6) is 0 Å². The molecular formula is C22H20O6. The van der Waals surface area contributed by atoms with Crippen LogP contribution in [0.4, 0.5) is 0 Å². The van der Waals surface area contributed by atoms with Crippen LogP contribution in [0.3, 0.4) is 0 Å². The molecule has 0 amide bonds. The quantitative estimate of drug-likeness (QED) is 0.589. The molecule has 2 aromatic carbocycles. The average molecular weight is 380 g/mol. The Morgan fingerprint density at radius 2 is 1.68 bits per heavy atom. The minimum absolute atomic E-state index is 0.453. The number of hydrogen-bond acceptors (Lipinski definition) is 6. The summed E-state index contributed by atoms with van der Waals surface area (Å²) < 4.78 is 10.5. The molecule has 1 heterocycles. The number of esters is 2. The van der Waals surface area contributed by atoms with Gasteiger partial charge in [0.15, 0.2) is 12.2 Å². The molecule has 0 spiro atoms. The fraction of sp³-hybridized carbons (Fsp3) is 0.182. The smallest absolute Gasteiger partial charge is 0.331 e. The van der Waals surface area contributed by atoms with Crippen molar-refractivity contribution < 1.29 is 29.3 Å². The molecule has 0 bridgehead atoms. The maximum atomic E-state index is 12.1. The third-order valence-electron chi connectivity index (χ3n) is 4.26. The maximum absolute atomic E-state index is 12.1. The molecule has 0 unspecified atom stereocenters. The van der Waals surface area contributed by atoms with Crippen molar-refractivity contribution in [3.63, 3.8) is 0 Å². The van der Waals surface area contributed by atoms with Gasteiger partial charge < -0.3 is 19.7 Å². The van der Waals surface area contributed by atoms with Crippen molar-refractivity contribution in [2.45, 2.75) is 24.4 Å². The van der Waals surface area contributed by atoms with Gasteiger partial charge in [0.25, 0.3) is 0 Å². The second-order valence-electron chi connectivity index (χ2n) is 6.25. The zero-order valence-electron chi connectivity index (χ0n) is 14.9. The number of aliphatic hydroxyl groups excluding tert-OH is 2. The molecule has 0 aliphatic carbocycles. The van der Waals surface area contributed by atoms with Gasteiger partial charge in [-0.15, -0.1) is 0 Å². The van der Waals surface area contributed by atoms with Crippen molar-refractivity contribution in [2.24, 2.45) is 0 Å². The summed E-state index contributed by atoms with van der Waals surface area (Å²) in [7, 11) is 0. The number of carbonyl (C=O) groups is 2. The lowest BCUT2D eigenvalue weighted by atomic mass is 9.96. The molecule has 0 fully saturated rings. The monoisotopic (exact) mass is 380 g/mol. The van der Waals surface area contributed by atoms with E-state index in [0.717, 1.165) is 11.6 Å². The van der Waals surface area contributed by atoms with Gasteiger partial charge in [-0.2, -0.15) is 0 Å². The highest BCUT2D eigenvalue weighted by atomic mass is 16.6. The van der Waals surface area contributed by atoms with Gasteiger partial charge in [0.1, 0.15) is 12.2 Å². The SMILES string of the molecule is O=C1C=C[C@H](OC(=O)/C=C/c2ccccc2)[C@@H]([C@H](O)[C@H](O)c2ccccc2)O1. The minimum atomic E-state index is -1.48. The van der Waals surface area contributed by atoms with E-state index in [1.54, 1.807) is 36.4 Å². The van der Waals surface area contributed by atoms with Crippen LogP contribution in [-0.2, 0) is 19.1 Å². The van der Waals surface area contributed by atoms with E-state index in [2.05, 4.69) is 0 Å². The Morgan fingerprint density at radius 3 is 2.36 bits per heavy atom. The van der Waals surface area contributed by atoms with E-state index in [4.69, 9.17) is 9.47 Å². The summed E-state index contributed by atoms with van der Waals surface area (Å²) in [4.78, 5) is 23.8. The van der Waals surface area contributed by atoms with Gasteiger partial charge in [0.05, 0.1) is 0 Å². The summed E-state index contributed by atoms with van der Waals surface area (Å²) in [6.45, 7) is 0. The van der Waals surface area contributed by atoms with E-state index < -0.39 is 36.4 Å². The van der Waals surface area contributed by atoms with E-state index in [1.807, 2.05) is 30.3 Å². The van der Waals surface area contributed by atoms with Gasteiger partial charge in [-0.05, 0) is 23.3 Å². The van der Waals surface area contributed by atoms with Crippen molar-refractivity contribution in [1.29, 1.82) is 0 Å². The molecule has 6 nitrogen and oxygen atoms in total. The number of rotatable bonds is 6. The molecule has 2 N–H and O–H groups in total. The zero-order valence-corrected chi connectivity index (χ0v) is 14.9. The molecule has 28 heavy (non-hydrogen) atoms. The van der Waals surface area contributed by atoms with E-state index in [9.17, 15) is 19.8 Å². The third-order valence-corrected chi connectivity index (χ3v) is 4.26. The maximum Gasteiger partial charge on any atom is 0.331 e. The normalized spacial score (nSPS) is 21.1. The number of benzene rings is 2. The Labute approximate surface area is 162 Å². The Hall–Kier alpha value is -3.22. The van der Waals surface area contributed by atoms with E-state index in [0.29, 0.717) is 5.56 Å². The Kier molecular flexibility index (Phi) is 6.37. The van der Waals surface area contributed by atoms with Gasteiger partial charge in [-0.25, -0.2) is 9.59 Å². The molecule has 2 aromatic rings. The summed E-state index contributed by atoms with van der Waals surface area (Å²) in [6, 6.07) is 17.7. The van der Waals surface area contributed by atoms with Gasteiger partial charge in [0, 0.05) is 12.2 Å². The van der Waals surface area contributed by atoms with Crippen molar-refractivity contribution in [3.05, 3.63) is 90.0 Å². The van der Waals surface area contributed by atoms with Crippen molar-refractivity contribution in [3.8, 4) is 0 Å². The lowest BCUT2D eigenvalue weighted by molar-refractivity contribution is -0.176. The molecule has 1 aliphatic rings. The van der Waals surface area contributed by atoms with Crippen LogP contribution < -0.4 is 0 Å². The molecule has 0 aromatic heterocycles. The number of ether oxygens (including phenoxy) is 2. The lowest BCUT2D eigenvalue weighted by Crippen LogP contribution is -2.47. The highest BCUT2D eigenvalue weighted by Crippen LogP contribution is 2.25. The molecule has 1 aliphatic heterocycles. The van der Waals surface area contributed by atoms with Crippen LogP contribution in [-0.4, -0.2) is 40.5 Å². The van der Waals surface area contributed by atoms with Crippen LogP contribution in [0.15, 0.2) is 78.9 Å². The summed E-state index contributed by atoms with van der Waals surface area (Å²) in [5.74, 6) is -1.35. The van der Waals surface area contributed by atoms with Gasteiger partial charge in [-0.1, -0.05) is 60.7 Å². The van der Waals surface area contributed by atoms with E-state index >= 15 is 0 Å². The topological polar surface area (TPSA) is 93.1 Å². The van der Waals surface area contributed by atoms with Crippen LogP contribution in [0.2, 0.25) is 0 Å². The number of hydrogen-bond donors (Lipinski definition) is 2. The third kappa shape index (κ3) is 4.94. The van der Waals surface area contributed by atoms with Crippen LogP contribution >= 0.6 is 0 Å². The van der Waals surface area contributed by atoms with E-state index in [1.165, 1.54) is 12.2 Å². The highest BCUT2D eigenvalue weighted by Gasteiger charge is 2.39. The first-order valence-corrected chi connectivity index (χ1v) is 8.78. The number of carbonyl (C=O) groups excluding carboxylic acids is 2. The Bertz CT molecular complexity index is 859. The van der Waals surface area contributed by atoms with Crippen molar-refractivity contribution in [1.82, 2.24) is 0 Å². The molecule has 0 saturated carbocycles. The van der Waals surface area contributed by atoms with Crippen LogP contribution in [0.1, 0.15) is 17.2 Å². The van der Waals surface area contributed by atoms with Crippen LogP contribution in [0.25, 0.3) is 6.08 Å². The summed E-state index contributed by atoms with van der Waals surface area (Å²) in [6.07, 6.45) is 0.240. The van der Waals surface area contributed by atoms with Gasteiger partial charge in [-0.3, -0.25) is 0 Å². The minimum Gasteiger partial charge on any atom is -0.452 e. The van der Waals surface area contributed by atoms with Crippen molar-refractivity contribution in [2.75, 3.05) is 0 Å². The molecular weight excluding hydrogens is 360 g/mol. The average Bonchev–Trinajstić information content (AvgIpc) is 2.74. The van der Waals surface area contributed by atoms with Crippen molar-refractivity contribution >= 4 is 18.0 Å². The second kappa shape index (κ2) is 9.12. The first-order valence-electron chi connectivity index (χ1n) is 8.78. The molecule has 0 saturated heterocycles. The van der Waals surface area contributed by atoms with Gasteiger partial charge >= 0.3 is 11.9 Å². The summed E-state index contributed by atoms with van der Waals surface area (Å²) in [5.41, 5.74) is 1.27. The Morgan fingerprint density at radius 1 is 1.04 bits per heavy atom. The largest absolute Gasteiger partial charge is 0.452 e. The standard InChI is InChI=1S/C22H20O6/c23-18(13-11-15-7-3-1-4-8-15)27-17-12-14-19(24)28-22(17)21(26)20(25)16-9-5-2-6-10-16/h1-14,17,20-22,25-26H/b13-11+/t17-,20+,21+,22-/m0/s1. The first-order chi connectivity index (χ1) is 13.5. The molecule has 144 valence electrons. The highest BCUT2D eigenvalue weighted by molar-refractivity contribution is 5.88. The fourth-order valence-electron chi connectivity index (χ4n) is 2.82. The zero-order chi connectivity index (χ0) is 19.9.